The van der Waals surface area contributed by atoms with Gasteiger partial charge in [0.15, 0.2) is 0 Å². The van der Waals surface area contributed by atoms with E-state index in [1.807, 2.05) is 12.3 Å². The SMILES string of the molecule is Cc1csc(-c2c(Cl)ccc(C(=O)O)c2Cl)n1. The number of nitrogens with zero attached hydrogens (tertiary/aromatic N) is 1. The van der Waals surface area contributed by atoms with Crippen LogP contribution in [0.2, 0.25) is 10.0 Å². The average Bonchev–Trinajstić information content (AvgIpc) is 2.64. The summed E-state index contributed by atoms with van der Waals surface area (Å²) in [6.45, 7) is 1.85. The lowest BCUT2D eigenvalue weighted by molar-refractivity contribution is 0.0697. The van der Waals surface area contributed by atoms with Crippen molar-refractivity contribution in [3.8, 4) is 10.6 Å². The molecule has 0 fully saturated rings. The molecule has 0 atom stereocenters. The second kappa shape index (κ2) is 4.64. The van der Waals surface area contributed by atoms with Gasteiger partial charge in [0, 0.05) is 16.6 Å². The van der Waals surface area contributed by atoms with Crippen LogP contribution in [0.4, 0.5) is 0 Å². The third-order valence-electron chi connectivity index (χ3n) is 2.15. The van der Waals surface area contributed by atoms with Gasteiger partial charge >= 0.3 is 5.97 Å². The van der Waals surface area contributed by atoms with Crippen LogP contribution in [0.5, 0.6) is 0 Å². The molecule has 0 spiro atoms. The van der Waals surface area contributed by atoms with E-state index < -0.39 is 5.97 Å². The Bertz CT molecular complexity index is 595. The molecular weight excluding hydrogens is 281 g/mol. The molecule has 0 aliphatic heterocycles. The van der Waals surface area contributed by atoms with Crippen LogP contribution in [0.3, 0.4) is 0 Å². The number of thiazole rings is 1. The molecule has 1 N–H and O–H groups in total. The minimum absolute atomic E-state index is 0.0268. The normalized spacial score (nSPS) is 10.5. The molecule has 88 valence electrons. The van der Waals surface area contributed by atoms with Crippen LogP contribution in [0.25, 0.3) is 10.6 Å². The fourth-order valence-electron chi connectivity index (χ4n) is 1.38. The molecular formula is C11H7Cl2NO2S. The minimum Gasteiger partial charge on any atom is -0.478 e. The van der Waals surface area contributed by atoms with Crippen molar-refractivity contribution < 1.29 is 9.90 Å². The van der Waals surface area contributed by atoms with Gasteiger partial charge < -0.3 is 5.11 Å². The van der Waals surface area contributed by atoms with E-state index in [0.717, 1.165) is 5.69 Å². The quantitative estimate of drug-likeness (QED) is 0.904. The van der Waals surface area contributed by atoms with Crippen LogP contribution < -0.4 is 0 Å². The molecule has 0 aliphatic carbocycles. The Morgan fingerprint density at radius 2 is 2.12 bits per heavy atom. The molecule has 17 heavy (non-hydrogen) atoms. The number of carboxylic acids is 1. The lowest BCUT2D eigenvalue weighted by Gasteiger charge is -2.06. The second-order valence-electron chi connectivity index (χ2n) is 3.38. The van der Waals surface area contributed by atoms with Gasteiger partial charge in [-0.15, -0.1) is 11.3 Å². The van der Waals surface area contributed by atoms with E-state index in [1.165, 1.54) is 23.5 Å². The number of hydrogen-bond donors (Lipinski definition) is 1. The number of aromatic carboxylic acids is 1. The summed E-state index contributed by atoms with van der Waals surface area (Å²) in [5.41, 5.74) is 1.35. The number of halogens is 2. The summed E-state index contributed by atoms with van der Waals surface area (Å²) in [5.74, 6) is -1.08. The van der Waals surface area contributed by atoms with Crippen LogP contribution in [0, 0.1) is 6.92 Å². The summed E-state index contributed by atoms with van der Waals surface area (Å²) in [6, 6.07) is 2.90. The van der Waals surface area contributed by atoms with Gasteiger partial charge in [0.1, 0.15) is 5.01 Å². The summed E-state index contributed by atoms with van der Waals surface area (Å²) in [7, 11) is 0. The number of hydrogen-bond acceptors (Lipinski definition) is 3. The number of carboxylic acid groups (broad SMARTS) is 1. The summed E-state index contributed by atoms with van der Waals surface area (Å²) < 4.78 is 0. The number of rotatable bonds is 2. The Balaban J connectivity index is 2.68. The van der Waals surface area contributed by atoms with Crippen LogP contribution in [0.15, 0.2) is 17.5 Å². The predicted octanol–water partition coefficient (Wildman–Crippen LogP) is 4.12. The van der Waals surface area contributed by atoms with Crippen molar-refractivity contribution in [2.24, 2.45) is 0 Å². The first-order valence-corrected chi connectivity index (χ1v) is 6.28. The molecule has 6 heteroatoms. The zero-order valence-corrected chi connectivity index (χ0v) is 11.0. The zero-order valence-electron chi connectivity index (χ0n) is 8.70. The highest BCUT2D eigenvalue weighted by Gasteiger charge is 2.18. The van der Waals surface area contributed by atoms with Gasteiger partial charge in [0.25, 0.3) is 0 Å². The van der Waals surface area contributed by atoms with E-state index in [9.17, 15) is 4.79 Å². The fourth-order valence-corrected chi connectivity index (χ4v) is 2.99. The molecule has 0 unspecified atom stereocenters. The maximum Gasteiger partial charge on any atom is 0.337 e. The molecule has 3 nitrogen and oxygen atoms in total. The van der Waals surface area contributed by atoms with Crippen molar-refractivity contribution in [3.05, 3.63) is 38.8 Å². The molecule has 1 heterocycles. The topological polar surface area (TPSA) is 50.2 Å². The molecule has 0 saturated heterocycles. The summed E-state index contributed by atoms with van der Waals surface area (Å²) in [6.07, 6.45) is 0. The molecule has 0 radical (unpaired) electrons. The van der Waals surface area contributed by atoms with Gasteiger partial charge in [-0.1, -0.05) is 23.2 Å². The summed E-state index contributed by atoms with van der Waals surface area (Å²) in [4.78, 5) is 15.2. The third-order valence-corrected chi connectivity index (χ3v) is 3.84. The molecule has 0 aliphatic rings. The summed E-state index contributed by atoms with van der Waals surface area (Å²) in [5, 5.41) is 12.0. The Labute approximate surface area is 112 Å². The van der Waals surface area contributed by atoms with Crippen molar-refractivity contribution in [2.45, 2.75) is 6.92 Å². The van der Waals surface area contributed by atoms with E-state index in [-0.39, 0.29) is 10.6 Å². The number of carbonyl (C=O) groups is 1. The van der Waals surface area contributed by atoms with Gasteiger partial charge in [-0.25, -0.2) is 9.78 Å². The first-order chi connectivity index (χ1) is 8.00. The van der Waals surface area contributed by atoms with E-state index in [2.05, 4.69) is 4.98 Å². The average molecular weight is 288 g/mol. The minimum atomic E-state index is -1.08. The maximum absolute atomic E-state index is 11.0. The molecule has 0 saturated carbocycles. The molecule has 1 aromatic carbocycles. The van der Waals surface area contributed by atoms with E-state index >= 15 is 0 Å². The van der Waals surface area contributed by atoms with E-state index in [0.29, 0.717) is 15.6 Å². The van der Waals surface area contributed by atoms with E-state index in [4.69, 9.17) is 28.3 Å². The van der Waals surface area contributed by atoms with Crippen LogP contribution in [-0.2, 0) is 0 Å². The highest BCUT2D eigenvalue weighted by molar-refractivity contribution is 7.13. The first kappa shape index (κ1) is 12.4. The highest BCUT2D eigenvalue weighted by Crippen LogP contribution is 2.38. The van der Waals surface area contributed by atoms with Crippen molar-refractivity contribution in [1.82, 2.24) is 4.98 Å². The molecule has 0 amide bonds. The Morgan fingerprint density at radius 3 is 2.65 bits per heavy atom. The smallest absolute Gasteiger partial charge is 0.337 e. The monoisotopic (exact) mass is 287 g/mol. The highest BCUT2D eigenvalue weighted by atomic mass is 35.5. The van der Waals surface area contributed by atoms with E-state index in [1.54, 1.807) is 0 Å². The van der Waals surface area contributed by atoms with Gasteiger partial charge in [-0.2, -0.15) is 0 Å². The maximum atomic E-state index is 11.0. The standard InChI is InChI=1S/C11H7Cl2NO2S/c1-5-4-17-10(14-5)8-7(12)3-2-6(9(8)13)11(15)16/h2-4H,1H3,(H,15,16). The molecule has 0 bridgehead atoms. The molecule has 1 aromatic heterocycles. The third kappa shape index (κ3) is 2.29. The van der Waals surface area contributed by atoms with Gasteiger partial charge in [-0.05, 0) is 19.1 Å². The largest absolute Gasteiger partial charge is 0.478 e. The summed E-state index contributed by atoms with van der Waals surface area (Å²) >= 11 is 13.5. The molecule has 2 aromatic rings. The first-order valence-electron chi connectivity index (χ1n) is 4.64. The van der Waals surface area contributed by atoms with Crippen LogP contribution in [0.1, 0.15) is 16.1 Å². The van der Waals surface area contributed by atoms with Gasteiger partial charge in [0.05, 0.1) is 15.6 Å². The van der Waals surface area contributed by atoms with Crippen LogP contribution >= 0.6 is 34.5 Å². The number of aromatic nitrogens is 1. The lowest BCUT2D eigenvalue weighted by Crippen LogP contribution is -1.98. The van der Waals surface area contributed by atoms with Crippen molar-refractivity contribution in [3.63, 3.8) is 0 Å². The van der Waals surface area contributed by atoms with Crippen molar-refractivity contribution >= 4 is 40.5 Å². The second-order valence-corrected chi connectivity index (χ2v) is 5.03. The lowest BCUT2D eigenvalue weighted by atomic mass is 10.1. The number of benzene rings is 1. The predicted molar refractivity (Wildman–Crippen MR) is 69.3 cm³/mol. The zero-order chi connectivity index (χ0) is 12.6. The van der Waals surface area contributed by atoms with Crippen LogP contribution in [-0.4, -0.2) is 16.1 Å². The molecule has 2 rings (SSSR count). The fraction of sp³-hybridized carbons (Fsp3) is 0.0909. The van der Waals surface area contributed by atoms with Gasteiger partial charge in [-0.3, -0.25) is 0 Å². The Morgan fingerprint density at radius 1 is 1.41 bits per heavy atom. The Kier molecular flexibility index (Phi) is 3.38. The Hall–Kier alpha value is -1.10. The van der Waals surface area contributed by atoms with Gasteiger partial charge in [0.2, 0.25) is 0 Å². The van der Waals surface area contributed by atoms with Crippen molar-refractivity contribution in [2.75, 3.05) is 0 Å². The van der Waals surface area contributed by atoms with Crippen molar-refractivity contribution in [1.29, 1.82) is 0 Å². The number of aryl methyl sites for hydroxylation is 1.